The first-order valence-electron chi connectivity index (χ1n) is 10.9. The first-order valence-corrected chi connectivity index (χ1v) is 10.9. The van der Waals surface area contributed by atoms with Gasteiger partial charge in [-0.05, 0) is 74.2 Å². The molecule has 1 aliphatic carbocycles. The van der Waals surface area contributed by atoms with Crippen LogP contribution in [0.4, 0.5) is 11.5 Å². The van der Waals surface area contributed by atoms with Gasteiger partial charge in [-0.15, -0.1) is 0 Å². The number of ether oxygens (including phenoxy) is 2. The van der Waals surface area contributed by atoms with Crippen molar-refractivity contribution in [2.24, 2.45) is 5.92 Å². The number of benzene rings is 2. The average Bonchev–Trinajstić information content (AvgIpc) is 3.61. The van der Waals surface area contributed by atoms with Crippen LogP contribution in [0, 0.1) is 11.3 Å². The van der Waals surface area contributed by atoms with Gasteiger partial charge < -0.3 is 20.5 Å². The molecule has 0 bridgehead atoms. The van der Waals surface area contributed by atoms with Gasteiger partial charge in [0.2, 0.25) is 5.91 Å². The van der Waals surface area contributed by atoms with Crippen LogP contribution in [0.25, 0.3) is 0 Å². The lowest BCUT2D eigenvalue weighted by Gasteiger charge is -2.14. The van der Waals surface area contributed by atoms with Crippen molar-refractivity contribution in [1.29, 1.82) is 5.41 Å². The predicted octanol–water partition coefficient (Wildman–Crippen LogP) is 4.62. The fourth-order valence-electron chi connectivity index (χ4n) is 3.83. The summed E-state index contributed by atoms with van der Waals surface area (Å²) in [6, 6.07) is 16.5. The van der Waals surface area contributed by atoms with Gasteiger partial charge in [0.1, 0.15) is 17.3 Å². The maximum Gasteiger partial charge on any atom is 0.229 e. The van der Waals surface area contributed by atoms with E-state index in [0.29, 0.717) is 28.4 Å². The maximum absolute atomic E-state index is 12.8. The van der Waals surface area contributed by atoms with E-state index in [4.69, 9.17) is 20.6 Å². The Kier molecular flexibility index (Phi) is 6.31. The van der Waals surface area contributed by atoms with Gasteiger partial charge >= 0.3 is 0 Å². The van der Waals surface area contributed by atoms with Gasteiger partial charge in [-0.25, -0.2) is 4.98 Å². The van der Waals surface area contributed by atoms with Crippen LogP contribution in [-0.2, 0) is 4.79 Å². The van der Waals surface area contributed by atoms with Gasteiger partial charge in [0.05, 0.1) is 18.9 Å². The standard InChI is InChI=1S/C26H28N4O3/c1-15(2)33-19-8-9-23(27)22(13-19)25(28)17-10-11-29-24(12-17)30-26(31)21-14-20(21)16-4-6-18(32-3)7-5-16/h4-13,15,20-21,28H,14,27H2,1-3H3,(H,29,30,31). The number of rotatable bonds is 8. The highest BCUT2D eigenvalue weighted by Gasteiger charge is 2.44. The predicted molar refractivity (Wildman–Crippen MR) is 129 cm³/mol. The summed E-state index contributed by atoms with van der Waals surface area (Å²) < 4.78 is 10.9. The highest BCUT2D eigenvalue weighted by molar-refractivity contribution is 6.14. The molecule has 1 fully saturated rings. The summed E-state index contributed by atoms with van der Waals surface area (Å²) in [7, 11) is 1.63. The number of hydrogen-bond acceptors (Lipinski definition) is 6. The number of carbonyl (C=O) groups excluding carboxylic acids is 1. The maximum atomic E-state index is 12.8. The van der Waals surface area contributed by atoms with E-state index < -0.39 is 0 Å². The first kappa shape index (κ1) is 22.3. The number of nitrogen functional groups attached to an aromatic ring is 1. The van der Waals surface area contributed by atoms with E-state index >= 15 is 0 Å². The summed E-state index contributed by atoms with van der Waals surface area (Å²) in [5.41, 5.74) is 9.15. The molecule has 2 unspecified atom stereocenters. The highest BCUT2D eigenvalue weighted by atomic mass is 16.5. The minimum absolute atomic E-state index is 0.0163. The molecule has 0 saturated heterocycles. The molecule has 7 nitrogen and oxygen atoms in total. The van der Waals surface area contributed by atoms with Crippen molar-refractivity contribution in [1.82, 2.24) is 4.98 Å². The van der Waals surface area contributed by atoms with Crippen LogP contribution in [0.3, 0.4) is 0 Å². The molecule has 1 amide bonds. The molecule has 1 saturated carbocycles. The van der Waals surface area contributed by atoms with E-state index in [2.05, 4.69) is 10.3 Å². The number of nitrogens with one attached hydrogen (secondary N) is 2. The normalized spacial score (nSPS) is 16.8. The molecule has 1 heterocycles. The number of nitrogens with two attached hydrogens (primary N) is 1. The minimum atomic E-state index is -0.0937. The summed E-state index contributed by atoms with van der Waals surface area (Å²) in [6.07, 6.45) is 2.40. The third-order valence-corrected chi connectivity index (χ3v) is 5.64. The fourth-order valence-corrected chi connectivity index (χ4v) is 3.83. The third kappa shape index (κ3) is 5.14. The zero-order valence-electron chi connectivity index (χ0n) is 19.0. The molecule has 1 aliphatic rings. The Morgan fingerprint density at radius 1 is 1.12 bits per heavy atom. The quantitative estimate of drug-likeness (QED) is 0.347. The van der Waals surface area contributed by atoms with Gasteiger partial charge in [0.25, 0.3) is 0 Å². The van der Waals surface area contributed by atoms with E-state index in [1.54, 1.807) is 43.6 Å². The van der Waals surface area contributed by atoms with Crippen LogP contribution < -0.4 is 20.5 Å². The Hall–Kier alpha value is -3.87. The molecule has 1 aromatic heterocycles. The van der Waals surface area contributed by atoms with E-state index in [1.165, 1.54) is 0 Å². The number of hydrogen-bond donors (Lipinski definition) is 3. The third-order valence-electron chi connectivity index (χ3n) is 5.64. The molecular formula is C26H28N4O3. The second-order valence-corrected chi connectivity index (χ2v) is 8.43. The lowest BCUT2D eigenvalue weighted by atomic mass is 10.0. The smallest absolute Gasteiger partial charge is 0.229 e. The van der Waals surface area contributed by atoms with Crippen molar-refractivity contribution in [3.05, 3.63) is 77.5 Å². The Balaban J connectivity index is 1.45. The Morgan fingerprint density at radius 2 is 1.85 bits per heavy atom. The van der Waals surface area contributed by atoms with Crippen molar-refractivity contribution in [3.63, 3.8) is 0 Å². The zero-order chi connectivity index (χ0) is 23.5. The molecule has 3 aromatic rings. The summed E-state index contributed by atoms with van der Waals surface area (Å²) in [5.74, 6) is 1.89. The van der Waals surface area contributed by atoms with Crippen molar-refractivity contribution < 1.29 is 14.3 Å². The minimum Gasteiger partial charge on any atom is -0.497 e. The van der Waals surface area contributed by atoms with Crippen LogP contribution in [0.5, 0.6) is 11.5 Å². The number of methoxy groups -OCH3 is 1. The van der Waals surface area contributed by atoms with Crippen LogP contribution in [0.2, 0.25) is 0 Å². The average molecular weight is 445 g/mol. The number of carbonyl (C=O) groups is 1. The van der Waals surface area contributed by atoms with Gasteiger partial charge in [-0.1, -0.05) is 12.1 Å². The second-order valence-electron chi connectivity index (χ2n) is 8.43. The van der Waals surface area contributed by atoms with Crippen molar-refractivity contribution in [2.45, 2.75) is 32.3 Å². The lowest BCUT2D eigenvalue weighted by molar-refractivity contribution is -0.117. The zero-order valence-corrected chi connectivity index (χ0v) is 19.0. The number of pyridine rings is 1. The van der Waals surface area contributed by atoms with E-state index in [-0.39, 0.29) is 29.6 Å². The Labute approximate surface area is 193 Å². The number of anilines is 2. The van der Waals surface area contributed by atoms with E-state index in [1.807, 2.05) is 38.1 Å². The summed E-state index contributed by atoms with van der Waals surface area (Å²) in [5, 5.41) is 11.6. The van der Waals surface area contributed by atoms with E-state index in [0.717, 1.165) is 17.7 Å². The molecule has 0 aliphatic heterocycles. The SMILES string of the molecule is COc1ccc(C2CC2C(=O)Nc2cc(C(=N)c3cc(OC(C)C)ccc3N)ccn2)cc1. The Morgan fingerprint density at radius 3 is 2.55 bits per heavy atom. The van der Waals surface area contributed by atoms with Crippen LogP contribution in [0.15, 0.2) is 60.8 Å². The second kappa shape index (κ2) is 9.32. The molecule has 33 heavy (non-hydrogen) atoms. The highest BCUT2D eigenvalue weighted by Crippen LogP contribution is 2.48. The largest absolute Gasteiger partial charge is 0.497 e. The molecule has 0 radical (unpaired) electrons. The van der Waals surface area contributed by atoms with E-state index in [9.17, 15) is 4.79 Å². The summed E-state index contributed by atoms with van der Waals surface area (Å²) in [4.78, 5) is 17.0. The molecule has 2 aromatic carbocycles. The monoisotopic (exact) mass is 444 g/mol. The molecule has 0 spiro atoms. The molecule has 170 valence electrons. The molecule has 4 rings (SSSR count). The van der Waals surface area contributed by atoms with Crippen molar-refractivity contribution in [2.75, 3.05) is 18.2 Å². The van der Waals surface area contributed by atoms with Gasteiger partial charge in [0, 0.05) is 28.9 Å². The van der Waals surface area contributed by atoms with Gasteiger partial charge in [0.15, 0.2) is 0 Å². The topological polar surface area (TPSA) is 110 Å². The molecule has 2 atom stereocenters. The number of nitrogens with zero attached hydrogens (tertiary/aromatic N) is 1. The van der Waals surface area contributed by atoms with Gasteiger partial charge in [-0.3, -0.25) is 10.2 Å². The van der Waals surface area contributed by atoms with Crippen LogP contribution in [0.1, 0.15) is 42.9 Å². The van der Waals surface area contributed by atoms with Crippen molar-refractivity contribution >= 4 is 23.1 Å². The lowest BCUT2D eigenvalue weighted by Crippen LogP contribution is -2.16. The fraction of sp³-hybridized carbons (Fsp3) is 0.269. The summed E-state index contributed by atoms with van der Waals surface area (Å²) in [6.45, 7) is 3.89. The molecule has 7 heteroatoms. The molecular weight excluding hydrogens is 416 g/mol. The Bertz CT molecular complexity index is 1170. The first-order chi connectivity index (χ1) is 15.9. The van der Waals surface area contributed by atoms with Crippen molar-refractivity contribution in [3.8, 4) is 11.5 Å². The van der Waals surface area contributed by atoms with Crippen LogP contribution >= 0.6 is 0 Å². The van der Waals surface area contributed by atoms with Gasteiger partial charge in [-0.2, -0.15) is 0 Å². The number of aromatic nitrogens is 1. The summed E-state index contributed by atoms with van der Waals surface area (Å²) >= 11 is 0. The number of amides is 1. The molecule has 4 N–H and O–H groups in total. The van der Waals surface area contributed by atoms with Crippen LogP contribution in [-0.4, -0.2) is 29.8 Å².